The van der Waals surface area contributed by atoms with E-state index in [-0.39, 0.29) is 11.9 Å². The zero-order chi connectivity index (χ0) is 14.7. The van der Waals surface area contributed by atoms with Crippen LogP contribution in [0.3, 0.4) is 0 Å². The van der Waals surface area contributed by atoms with Crippen molar-refractivity contribution in [3.63, 3.8) is 0 Å². The summed E-state index contributed by atoms with van der Waals surface area (Å²) in [6.45, 7) is 3.81. The number of ether oxygens (including phenoxy) is 2. The molecule has 0 aliphatic carbocycles. The number of halogens is 1. The van der Waals surface area contributed by atoms with Crippen LogP contribution in [0.5, 0.6) is 11.5 Å². The van der Waals surface area contributed by atoms with Crippen molar-refractivity contribution in [2.45, 2.75) is 19.5 Å². The number of rotatable bonds is 4. The molecule has 0 fully saturated rings. The Bertz CT molecular complexity index is 633. The first-order chi connectivity index (χ1) is 10.2. The van der Waals surface area contributed by atoms with Crippen LogP contribution in [0.4, 0.5) is 4.39 Å². The molecule has 2 aromatic rings. The lowest BCUT2D eigenvalue weighted by Gasteiger charge is -2.19. The highest BCUT2D eigenvalue weighted by molar-refractivity contribution is 5.43. The number of nitrogens with zero attached hydrogens (tertiary/aromatic N) is 1. The number of fused-ring (bicyclic) bond motifs is 1. The average Bonchev–Trinajstić information content (AvgIpc) is 2.52. The van der Waals surface area contributed by atoms with E-state index >= 15 is 0 Å². The lowest BCUT2D eigenvalue weighted by molar-refractivity contribution is 0.171. The second-order valence-electron chi connectivity index (χ2n) is 5.02. The van der Waals surface area contributed by atoms with Gasteiger partial charge in [0, 0.05) is 18.8 Å². The second-order valence-corrected chi connectivity index (χ2v) is 5.02. The number of benzene rings is 1. The van der Waals surface area contributed by atoms with Gasteiger partial charge in [-0.3, -0.25) is 4.98 Å². The lowest BCUT2D eigenvalue weighted by atomic mass is 10.1. The summed E-state index contributed by atoms with van der Waals surface area (Å²) < 4.78 is 24.2. The molecule has 1 N–H and O–H groups in total. The van der Waals surface area contributed by atoms with Crippen LogP contribution >= 0.6 is 0 Å². The molecule has 0 spiro atoms. The van der Waals surface area contributed by atoms with Gasteiger partial charge in [-0.05, 0) is 36.2 Å². The minimum Gasteiger partial charge on any atom is -0.486 e. The van der Waals surface area contributed by atoms with Crippen LogP contribution in [0, 0.1) is 5.82 Å². The van der Waals surface area contributed by atoms with Gasteiger partial charge in [0.05, 0.1) is 6.20 Å². The Morgan fingerprint density at radius 2 is 2.00 bits per heavy atom. The largest absolute Gasteiger partial charge is 0.486 e. The summed E-state index contributed by atoms with van der Waals surface area (Å²) in [6.07, 6.45) is 2.88. The van der Waals surface area contributed by atoms with Crippen LogP contribution in [-0.4, -0.2) is 18.2 Å². The summed E-state index contributed by atoms with van der Waals surface area (Å²) in [4.78, 5) is 3.87. The molecule has 1 aromatic carbocycles. The van der Waals surface area contributed by atoms with Crippen LogP contribution in [-0.2, 0) is 6.54 Å². The van der Waals surface area contributed by atoms with Crippen molar-refractivity contribution >= 4 is 0 Å². The quantitative estimate of drug-likeness (QED) is 0.939. The van der Waals surface area contributed by atoms with Gasteiger partial charge < -0.3 is 14.8 Å². The van der Waals surface area contributed by atoms with Gasteiger partial charge in [-0.1, -0.05) is 6.07 Å². The minimum absolute atomic E-state index is 0.0152. The maximum atomic E-state index is 13.2. The first-order valence-corrected chi connectivity index (χ1v) is 6.95. The topological polar surface area (TPSA) is 43.4 Å². The van der Waals surface area contributed by atoms with Gasteiger partial charge in [0.2, 0.25) is 0 Å². The molecular formula is C16H17FN2O2. The molecule has 1 aliphatic rings. The first-order valence-electron chi connectivity index (χ1n) is 6.95. The van der Waals surface area contributed by atoms with E-state index in [1.165, 1.54) is 12.3 Å². The Hall–Kier alpha value is -2.14. The summed E-state index contributed by atoms with van der Waals surface area (Å²) in [5.41, 5.74) is 1.92. The molecule has 3 rings (SSSR count). The van der Waals surface area contributed by atoms with E-state index < -0.39 is 0 Å². The van der Waals surface area contributed by atoms with Crippen molar-refractivity contribution in [2.75, 3.05) is 13.2 Å². The molecule has 110 valence electrons. The van der Waals surface area contributed by atoms with Gasteiger partial charge in [-0.15, -0.1) is 0 Å². The third kappa shape index (κ3) is 3.31. The lowest BCUT2D eigenvalue weighted by Crippen LogP contribution is -2.19. The standard InChI is InChI=1S/C16H17FN2O2/c1-11(13-7-14(17)10-18-9-13)19-8-12-2-3-15-16(6-12)21-5-4-20-15/h2-3,6-7,9-11,19H,4-5,8H2,1H3. The van der Waals surface area contributed by atoms with E-state index in [0.29, 0.717) is 19.8 Å². The first kappa shape index (κ1) is 13.8. The fourth-order valence-corrected chi connectivity index (χ4v) is 2.25. The monoisotopic (exact) mass is 288 g/mol. The Labute approximate surface area is 122 Å². The minimum atomic E-state index is -0.319. The van der Waals surface area contributed by atoms with Crippen LogP contribution in [0.1, 0.15) is 24.1 Å². The average molecular weight is 288 g/mol. The smallest absolute Gasteiger partial charge is 0.161 e. The molecule has 0 radical (unpaired) electrons. The zero-order valence-corrected chi connectivity index (χ0v) is 11.8. The van der Waals surface area contributed by atoms with Gasteiger partial charge in [0.1, 0.15) is 19.0 Å². The number of hydrogen-bond donors (Lipinski definition) is 1. The second kappa shape index (κ2) is 6.10. The number of hydrogen-bond acceptors (Lipinski definition) is 4. The van der Waals surface area contributed by atoms with E-state index in [4.69, 9.17) is 9.47 Å². The Morgan fingerprint density at radius 3 is 2.81 bits per heavy atom. The molecule has 1 unspecified atom stereocenters. The Balaban J connectivity index is 1.64. The van der Waals surface area contributed by atoms with Crippen molar-refractivity contribution in [1.29, 1.82) is 0 Å². The van der Waals surface area contributed by atoms with Gasteiger partial charge >= 0.3 is 0 Å². The third-order valence-corrected chi connectivity index (χ3v) is 3.44. The van der Waals surface area contributed by atoms with Crippen LogP contribution < -0.4 is 14.8 Å². The van der Waals surface area contributed by atoms with Gasteiger partial charge in [0.15, 0.2) is 11.5 Å². The van der Waals surface area contributed by atoms with Crippen LogP contribution in [0.2, 0.25) is 0 Å². The molecule has 2 heterocycles. The maximum absolute atomic E-state index is 13.2. The highest BCUT2D eigenvalue weighted by atomic mass is 19.1. The van der Waals surface area contributed by atoms with Crippen molar-refractivity contribution in [1.82, 2.24) is 10.3 Å². The molecule has 1 aliphatic heterocycles. The molecular weight excluding hydrogens is 271 g/mol. The molecule has 0 amide bonds. The molecule has 1 atom stereocenters. The van der Waals surface area contributed by atoms with Crippen LogP contribution in [0.25, 0.3) is 0 Å². The highest BCUT2D eigenvalue weighted by Gasteiger charge is 2.12. The molecule has 0 saturated carbocycles. The Kier molecular flexibility index (Phi) is 4.01. The number of nitrogens with one attached hydrogen (secondary N) is 1. The van der Waals surface area contributed by atoms with Gasteiger partial charge in [-0.2, -0.15) is 0 Å². The number of aromatic nitrogens is 1. The molecule has 0 saturated heterocycles. The van der Waals surface area contributed by atoms with Crippen LogP contribution in [0.15, 0.2) is 36.7 Å². The maximum Gasteiger partial charge on any atom is 0.161 e. The molecule has 0 bridgehead atoms. The third-order valence-electron chi connectivity index (χ3n) is 3.44. The molecule has 1 aromatic heterocycles. The van der Waals surface area contributed by atoms with Crippen molar-refractivity contribution < 1.29 is 13.9 Å². The zero-order valence-electron chi connectivity index (χ0n) is 11.8. The summed E-state index contributed by atoms with van der Waals surface area (Å²) in [5, 5.41) is 3.35. The van der Waals surface area contributed by atoms with E-state index in [9.17, 15) is 4.39 Å². The van der Waals surface area contributed by atoms with E-state index in [1.807, 2.05) is 25.1 Å². The SMILES string of the molecule is CC(NCc1ccc2c(c1)OCCO2)c1cncc(F)c1. The molecule has 21 heavy (non-hydrogen) atoms. The normalized spacial score (nSPS) is 14.8. The van der Waals surface area contributed by atoms with Gasteiger partial charge in [0.25, 0.3) is 0 Å². The summed E-state index contributed by atoms with van der Waals surface area (Å²) in [7, 11) is 0. The van der Waals surface area contributed by atoms with Crippen molar-refractivity contribution in [3.05, 3.63) is 53.6 Å². The highest BCUT2D eigenvalue weighted by Crippen LogP contribution is 2.30. The Morgan fingerprint density at radius 1 is 1.19 bits per heavy atom. The van der Waals surface area contributed by atoms with E-state index in [0.717, 1.165) is 22.6 Å². The van der Waals surface area contributed by atoms with Crippen molar-refractivity contribution in [3.8, 4) is 11.5 Å². The van der Waals surface area contributed by atoms with E-state index in [1.54, 1.807) is 6.20 Å². The summed E-state index contributed by atoms with van der Waals surface area (Å²) in [6, 6.07) is 7.39. The predicted molar refractivity (Wildman–Crippen MR) is 76.9 cm³/mol. The fraction of sp³-hybridized carbons (Fsp3) is 0.312. The molecule has 4 nitrogen and oxygen atoms in total. The molecule has 5 heteroatoms. The summed E-state index contributed by atoms with van der Waals surface area (Å²) in [5.74, 6) is 1.24. The van der Waals surface area contributed by atoms with E-state index in [2.05, 4.69) is 10.3 Å². The predicted octanol–water partition coefficient (Wildman–Crippen LogP) is 2.84. The summed E-state index contributed by atoms with van der Waals surface area (Å²) >= 11 is 0. The van der Waals surface area contributed by atoms with Gasteiger partial charge in [-0.25, -0.2) is 4.39 Å². The fourth-order valence-electron chi connectivity index (χ4n) is 2.25. The number of pyridine rings is 1. The van der Waals surface area contributed by atoms with Crippen molar-refractivity contribution in [2.24, 2.45) is 0 Å².